The van der Waals surface area contributed by atoms with E-state index in [-0.39, 0.29) is 0 Å². The van der Waals surface area contributed by atoms with Gasteiger partial charge in [0, 0.05) is 5.02 Å². The molecule has 2 aromatic carbocycles. The number of hydrogen-bond acceptors (Lipinski definition) is 7. The Balaban J connectivity index is 1.64. The molecule has 0 unspecified atom stereocenters. The van der Waals surface area contributed by atoms with Crippen LogP contribution >= 0.6 is 11.6 Å². The number of rotatable bonds is 9. The van der Waals surface area contributed by atoms with Crippen LogP contribution in [0.4, 0.5) is 0 Å². The predicted molar refractivity (Wildman–Crippen MR) is 123 cm³/mol. The molecule has 178 valence electrons. The lowest BCUT2D eigenvalue weighted by molar-refractivity contribution is -0.231. The first-order valence-corrected chi connectivity index (χ1v) is 11.1. The Kier molecular flexibility index (Phi) is 9.53. The normalized spacial score (nSPS) is 24.7. The summed E-state index contributed by atoms with van der Waals surface area (Å²) in [5.41, 5.74) is 2.41. The third-order valence-corrected chi connectivity index (χ3v) is 5.82. The van der Waals surface area contributed by atoms with E-state index in [0.717, 1.165) is 16.9 Å². The maximum absolute atomic E-state index is 10.4. The van der Waals surface area contributed by atoms with Crippen LogP contribution in [0.1, 0.15) is 29.7 Å². The number of aliphatic hydroxyl groups excluding tert-OH is 4. The van der Waals surface area contributed by atoms with E-state index in [9.17, 15) is 20.4 Å². The third-order valence-electron chi connectivity index (χ3n) is 5.46. The van der Waals surface area contributed by atoms with Gasteiger partial charge in [0.25, 0.3) is 0 Å². The average molecular weight is 477 g/mol. The van der Waals surface area contributed by atoms with Crippen molar-refractivity contribution >= 4 is 11.6 Å². The van der Waals surface area contributed by atoms with Gasteiger partial charge in [-0.25, -0.2) is 0 Å². The summed E-state index contributed by atoms with van der Waals surface area (Å²) in [6, 6.07) is 12.8. The minimum atomic E-state index is -1.43. The van der Waals surface area contributed by atoms with Gasteiger partial charge in [0.2, 0.25) is 0 Å². The molecule has 2 aromatic rings. The molecule has 0 aromatic heterocycles. The van der Waals surface area contributed by atoms with Gasteiger partial charge >= 0.3 is 0 Å². The molecule has 0 bridgehead atoms. The minimum Gasteiger partial charge on any atom is -0.491 e. The zero-order valence-corrected chi connectivity index (χ0v) is 19.1. The fourth-order valence-corrected chi connectivity index (χ4v) is 3.81. The highest BCUT2D eigenvalue weighted by Crippen LogP contribution is 2.34. The highest BCUT2D eigenvalue weighted by Gasteiger charge is 2.44. The van der Waals surface area contributed by atoms with E-state index < -0.39 is 37.1 Å². The molecule has 3 rings (SSSR count). The van der Waals surface area contributed by atoms with Gasteiger partial charge < -0.3 is 34.6 Å². The van der Waals surface area contributed by atoms with Crippen LogP contribution < -0.4 is 4.74 Å². The summed E-state index contributed by atoms with van der Waals surface area (Å²) in [6.45, 7) is 2.56. The SMILES string of the molecule is CC#CCOCCOc1ccc(Cc2cc([C@@H]3O[C@H](CO)[C@@H](O)[C@H](O)[C@H]3O)ccc2Cl)cc1. The van der Waals surface area contributed by atoms with Crippen LogP contribution in [0.3, 0.4) is 0 Å². The second kappa shape index (κ2) is 12.4. The van der Waals surface area contributed by atoms with Gasteiger partial charge in [-0.1, -0.05) is 41.8 Å². The Morgan fingerprint density at radius 2 is 1.76 bits per heavy atom. The molecule has 33 heavy (non-hydrogen) atoms. The van der Waals surface area contributed by atoms with E-state index in [1.165, 1.54) is 0 Å². The molecule has 0 radical (unpaired) electrons. The van der Waals surface area contributed by atoms with Crippen molar-refractivity contribution in [3.63, 3.8) is 0 Å². The Hall–Kier alpha value is -2.15. The van der Waals surface area contributed by atoms with Crippen LogP contribution in [-0.4, -0.2) is 71.3 Å². The summed E-state index contributed by atoms with van der Waals surface area (Å²) < 4.78 is 16.6. The van der Waals surface area contributed by atoms with Gasteiger partial charge in [0.05, 0.1) is 13.2 Å². The molecular weight excluding hydrogens is 448 g/mol. The predicted octanol–water partition coefficient (Wildman–Crippen LogP) is 1.86. The van der Waals surface area contributed by atoms with Crippen molar-refractivity contribution in [3.05, 3.63) is 64.2 Å². The maximum atomic E-state index is 10.4. The second-order valence-electron chi connectivity index (χ2n) is 7.75. The van der Waals surface area contributed by atoms with Crippen LogP contribution in [0, 0.1) is 11.8 Å². The first-order valence-electron chi connectivity index (χ1n) is 10.7. The van der Waals surface area contributed by atoms with Crippen molar-refractivity contribution in [1.29, 1.82) is 0 Å². The van der Waals surface area contributed by atoms with Crippen molar-refractivity contribution in [2.45, 2.75) is 43.9 Å². The fraction of sp³-hybridized carbons (Fsp3) is 0.440. The van der Waals surface area contributed by atoms with E-state index in [0.29, 0.717) is 36.8 Å². The monoisotopic (exact) mass is 476 g/mol. The van der Waals surface area contributed by atoms with Crippen molar-refractivity contribution in [2.75, 3.05) is 26.4 Å². The minimum absolute atomic E-state index is 0.391. The average Bonchev–Trinajstić information content (AvgIpc) is 2.82. The van der Waals surface area contributed by atoms with Gasteiger partial charge in [-0.15, -0.1) is 5.92 Å². The highest BCUT2D eigenvalue weighted by molar-refractivity contribution is 6.31. The molecule has 7 nitrogen and oxygen atoms in total. The van der Waals surface area contributed by atoms with Crippen molar-refractivity contribution in [2.24, 2.45) is 0 Å². The Bertz CT molecular complexity index is 951. The van der Waals surface area contributed by atoms with Crippen molar-refractivity contribution < 1.29 is 34.6 Å². The Morgan fingerprint density at radius 3 is 2.45 bits per heavy atom. The molecule has 4 N–H and O–H groups in total. The van der Waals surface area contributed by atoms with Gasteiger partial charge in [-0.3, -0.25) is 0 Å². The lowest BCUT2D eigenvalue weighted by atomic mass is 9.90. The van der Waals surface area contributed by atoms with Gasteiger partial charge in [-0.2, -0.15) is 0 Å². The molecule has 8 heteroatoms. The molecule has 5 atom stereocenters. The molecule has 0 aliphatic carbocycles. The van der Waals surface area contributed by atoms with Crippen LogP contribution in [0.15, 0.2) is 42.5 Å². The van der Waals surface area contributed by atoms with Crippen molar-refractivity contribution in [1.82, 2.24) is 0 Å². The topological polar surface area (TPSA) is 109 Å². The molecule has 1 aliphatic rings. The summed E-state index contributed by atoms with van der Waals surface area (Å²) >= 11 is 6.40. The van der Waals surface area contributed by atoms with Gasteiger partial charge in [0.15, 0.2) is 0 Å². The lowest BCUT2D eigenvalue weighted by Crippen LogP contribution is -2.55. The van der Waals surface area contributed by atoms with Gasteiger partial charge in [-0.05, 0) is 48.2 Å². The standard InChI is InChI=1S/C25H29ClO7/c1-2-3-10-31-11-12-32-19-7-4-16(5-8-19)13-18-14-17(6-9-20(18)26)25-24(30)23(29)22(28)21(15-27)33-25/h4-9,14,21-25,27-30H,10-13,15H2,1H3/t21-,22-,23+,24-,25+/m1/s1. The molecular formula is C25H29ClO7. The maximum Gasteiger partial charge on any atom is 0.119 e. The van der Waals surface area contributed by atoms with Crippen LogP contribution in [0.5, 0.6) is 5.75 Å². The molecule has 0 saturated carbocycles. The second-order valence-corrected chi connectivity index (χ2v) is 8.16. The third kappa shape index (κ3) is 6.69. The molecule has 0 spiro atoms. The van der Waals surface area contributed by atoms with E-state index in [4.69, 9.17) is 25.8 Å². The number of halogens is 1. The summed E-state index contributed by atoms with van der Waals surface area (Å²) in [5.74, 6) is 6.31. The zero-order chi connectivity index (χ0) is 23.8. The van der Waals surface area contributed by atoms with Crippen LogP contribution in [0.25, 0.3) is 0 Å². The van der Waals surface area contributed by atoms with Crippen LogP contribution in [-0.2, 0) is 15.9 Å². The Morgan fingerprint density at radius 1 is 1.00 bits per heavy atom. The molecule has 0 amide bonds. The summed E-state index contributed by atoms with van der Waals surface area (Å²) in [4.78, 5) is 0. The molecule has 1 saturated heterocycles. The van der Waals surface area contributed by atoms with E-state index >= 15 is 0 Å². The number of hydrogen-bond donors (Lipinski definition) is 4. The molecule has 1 fully saturated rings. The first-order chi connectivity index (χ1) is 15.9. The summed E-state index contributed by atoms with van der Waals surface area (Å²) in [6.07, 6.45) is -5.51. The lowest BCUT2D eigenvalue weighted by Gasteiger charge is -2.40. The Labute approximate surface area is 198 Å². The quantitative estimate of drug-likeness (QED) is 0.323. The zero-order valence-electron chi connectivity index (χ0n) is 18.4. The van der Waals surface area contributed by atoms with E-state index in [1.54, 1.807) is 25.1 Å². The first kappa shape index (κ1) is 25.5. The largest absolute Gasteiger partial charge is 0.491 e. The number of benzene rings is 2. The number of ether oxygens (including phenoxy) is 3. The molecule has 1 heterocycles. The fourth-order valence-electron chi connectivity index (χ4n) is 3.62. The van der Waals surface area contributed by atoms with Crippen molar-refractivity contribution in [3.8, 4) is 17.6 Å². The number of aliphatic hydroxyl groups is 4. The summed E-state index contributed by atoms with van der Waals surface area (Å²) in [5, 5.41) is 40.5. The summed E-state index contributed by atoms with van der Waals surface area (Å²) in [7, 11) is 0. The van der Waals surface area contributed by atoms with Gasteiger partial charge in [0.1, 0.15) is 49.5 Å². The highest BCUT2D eigenvalue weighted by atomic mass is 35.5. The van der Waals surface area contributed by atoms with Crippen LogP contribution in [0.2, 0.25) is 5.02 Å². The van der Waals surface area contributed by atoms with E-state index in [1.807, 2.05) is 24.3 Å². The molecule has 1 aliphatic heterocycles. The smallest absolute Gasteiger partial charge is 0.119 e. The van der Waals surface area contributed by atoms with E-state index in [2.05, 4.69) is 11.8 Å².